The summed E-state index contributed by atoms with van der Waals surface area (Å²) >= 11 is 0. The van der Waals surface area contributed by atoms with E-state index >= 15 is 0 Å². The molecule has 16 heavy (non-hydrogen) atoms. The monoisotopic (exact) mass is 230 g/mol. The van der Waals surface area contributed by atoms with Crippen LogP contribution in [-0.4, -0.2) is 37.1 Å². The van der Waals surface area contributed by atoms with Crippen LogP contribution >= 0.6 is 0 Å². The highest BCUT2D eigenvalue weighted by molar-refractivity contribution is 5.85. The van der Waals surface area contributed by atoms with E-state index in [1.807, 2.05) is 6.92 Å². The van der Waals surface area contributed by atoms with E-state index in [1.165, 1.54) is 0 Å². The maximum Gasteiger partial charge on any atom is 0.307 e. The van der Waals surface area contributed by atoms with Crippen molar-refractivity contribution in [3.8, 4) is 0 Å². The fraction of sp³-hybridized carbons (Fsp3) is 0.818. The second kappa shape index (κ2) is 7.22. The Hall–Kier alpha value is -1.10. The lowest BCUT2D eigenvalue weighted by molar-refractivity contribution is -0.143. The molecule has 94 valence electrons. The molecule has 0 spiro atoms. The molecule has 0 aromatic rings. The average molecular weight is 230 g/mol. The SMILES string of the molecule is CCNC(C)(C)C(=O)NCCC(=O)OCC. The molecule has 0 aliphatic rings. The Balaban J connectivity index is 3.85. The first kappa shape index (κ1) is 14.9. The van der Waals surface area contributed by atoms with Crippen molar-refractivity contribution >= 4 is 11.9 Å². The largest absolute Gasteiger partial charge is 0.466 e. The van der Waals surface area contributed by atoms with Crippen LogP contribution in [0.25, 0.3) is 0 Å². The third kappa shape index (κ3) is 5.70. The van der Waals surface area contributed by atoms with E-state index in [0.29, 0.717) is 13.2 Å². The van der Waals surface area contributed by atoms with Crippen molar-refractivity contribution in [2.24, 2.45) is 0 Å². The van der Waals surface area contributed by atoms with Crippen molar-refractivity contribution < 1.29 is 14.3 Å². The van der Waals surface area contributed by atoms with E-state index in [9.17, 15) is 9.59 Å². The molecule has 0 heterocycles. The Morgan fingerprint density at radius 2 is 1.88 bits per heavy atom. The Morgan fingerprint density at radius 3 is 2.38 bits per heavy atom. The second-order valence-electron chi connectivity index (χ2n) is 3.97. The van der Waals surface area contributed by atoms with Crippen LogP contribution < -0.4 is 10.6 Å². The molecule has 5 nitrogen and oxygen atoms in total. The zero-order valence-corrected chi connectivity index (χ0v) is 10.6. The van der Waals surface area contributed by atoms with Gasteiger partial charge in [-0.05, 0) is 27.3 Å². The molecule has 2 N–H and O–H groups in total. The van der Waals surface area contributed by atoms with Crippen LogP contribution in [0.5, 0.6) is 0 Å². The van der Waals surface area contributed by atoms with E-state index in [2.05, 4.69) is 10.6 Å². The van der Waals surface area contributed by atoms with Crippen molar-refractivity contribution in [2.45, 2.75) is 39.7 Å². The van der Waals surface area contributed by atoms with Gasteiger partial charge in [-0.15, -0.1) is 0 Å². The summed E-state index contributed by atoms with van der Waals surface area (Å²) in [5.74, 6) is -0.400. The normalized spacial score (nSPS) is 11.0. The Morgan fingerprint density at radius 1 is 1.25 bits per heavy atom. The molecular weight excluding hydrogens is 208 g/mol. The first-order valence-corrected chi connectivity index (χ1v) is 5.63. The van der Waals surface area contributed by atoms with Crippen molar-refractivity contribution in [1.82, 2.24) is 10.6 Å². The standard InChI is InChI=1S/C11H22N2O3/c1-5-13-11(3,4)10(15)12-8-7-9(14)16-6-2/h13H,5-8H2,1-4H3,(H,12,15). The highest BCUT2D eigenvalue weighted by atomic mass is 16.5. The van der Waals surface area contributed by atoms with Crippen LogP contribution in [0.1, 0.15) is 34.1 Å². The first-order valence-electron chi connectivity index (χ1n) is 5.63. The third-order valence-corrected chi connectivity index (χ3v) is 2.11. The molecule has 0 aliphatic carbocycles. The molecule has 0 saturated carbocycles. The number of carbonyl (C=O) groups excluding carboxylic acids is 2. The van der Waals surface area contributed by atoms with Gasteiger partial charge in [0.05, 0.1) is 18.6 Å². The van der Waals surface area contributed by atoms with Crippen LogP contribution in [-0.2, 0) is 14.3 Å². The van der Waals surface area contributed by atoms with Gasteiger partial charge >= 0.3 is 5.97 Å². The summed E-state index contributed by atoms with van der Waals surface area (Å²) in [5.41, 5.74) is -0.608. The van der Waals surface area contributed by atoms with Gasteiger partial charge in [0.15, 0.2) is 0 Å². The topological polar surface area (TPSA) is 67.4 Å². The van der Waals surface area contributed by atoms with Gasteiger partial charge in [-0.2, -0.15) is 0 Å². The van der Waals surface area contributed by atoms with E-state index in [1.54, 1.807) is 20.8 Å². The Bertz CT molecular complexity index is 239. The van der Waals surface area contributed by atoms with Crippen molar-refractivity contribution in [3.63, 3.8) is 0 Å². The predicted octanol–water partition coefficient (Wildman–Crippen LogP) is 0.444. The van der Waals surface area contributed by atoms with Gasteiger partial charge in [0.2, 0.25) is 5.91 Å². The fourth-order valence-corrected chi connectivity index (χ4v) is 1.25. The molecule has 0 aromatic heterocycles. The summed E-state index contributed by atoms with van der Waals surface area (Å²) in [6, 6.07) is 0. The summed E-state index contributed by atoms with van der Waals surface area (Å²) in [6.07, 6.45) is 0.210. The average Bonchev–Trinajstić information content (AvgIpc) is 2.17. The van der Waals surface area contributed by atoms with Crippen LogP contribution in [0.3, 0.4) is 0 Å². The summed E-state index contributed by atoms with van der Waals surface area (Å²) in [5, 5.41) is 5.75. The third-order valence-electron chi connectivity index (χ3n) is 2.11. The van der Waals surface area contributed by atoms with Gasteiger partial charge in [-0.1, -0.05) is 6.92 Å². The molecule has 5 heteroatoms. The minimum atomic E-state index is -0.608. The highest BCUT2D eigenvalue weighted by Crippen LogP contribution is 2.01. The van der Waals surface area contributed by atoms with Crippen LogP contribution in [0.2, 0.25) is 0 Å². The lowest BCUT2D eigenvalue weighted by Gasteiger charge is -2.24. The number of hydrogen-bond donors (Lipinski definition) is 2. The maximum absolute atomic E-state index is 11.7. The minimum absolute atomic E-state index is 0.112. The summed E-state index contributed by atoms with van der Waals surface area (Å²) < 4.78 is 4.75. The highest BCUT2D eigenvalue weighted by Gasteiger charge is 2.25. The molecule has 1 amide bonds. The van der Waals surface area contributed by atoms with Crippen molar-refractivity contribution in [3.05, 3.63) is 0 Å². The zero-order chi connectivity index (χ0) is 12.6. The quantitative estimate of drug-likeness (QED) is 0.623. The summed E-state index contributed by atoms with van der Waals surface area (Å²) in [6.45, 7) is 8.70. The smallest absolute Gasteiger partial charge is 0.307 e. The zero-order valence-electron chi connectivity index (χ0n) is 10.6. The Kier molecular flexibility index (Phi) is 6.72. The van der Waals surface area contributed by atoms with E-state index in [4.69, 9.17) is 4.74 Å². The van der Waals surface area contributed by atoms with Gasteiger partial charge in [0.25, 0.3) is 0 Å². The number of ether oxygens (including phenoxy) is 1. The van der Waals surface area contributed by atoms with Gasteiger partial charge in [-0.25, -0.2) is 0 Å². The number of esters is 1. The number of nitrogens with one attached hydrogen (secondary N) is 2. The number of amides is 1. The molecular formula is C11H22N2O3. The van der Waals surface area contributed by atoms with Gasteiger partial charge in [-0.3, -0.25) is 9.59 Å². The number of rotatable bonds is 7. The molecule has 0 atom stereocenters. The van der Waals surface area contributed by atoms with Crippen LogP contribution in [0.4, 0.5) is 0 Å². The van der Waals surface area contributed by atoms with E-state index in [-0.39, 0.29) is 18.3 Å². The summed E-state index contributed by atoms with van der Waals surface area (Å²) in [7, 11) is 0. The predicted molar refractivity (Wildman–Crippen MR) is 62.0 cm³/mol. The number of carbonyl (C=O) groups is 2. The first-order chi connectivity index (χ1) is 7.44. The number of likely N-dealkylation sites (N-methyl/N-ethyl adjacent to an activating group) is 1. The lowest BCUT2D eigenvalue weighted by Crippen LogP contribution is -2.52. The van der Waals surface area contributed by atoms with Crippen LogP contribution in [0, 0.1) is 0 Å². The molecule has 0 unspecified atom stereocenters. The minimum Gasteiger partial charge on any atom is -0.466 e. The molecule has 0 rings (SSSR count). The van der Waals surface area contributed by atoms with Gasteiger partial charge in [0, 0.05) is 6.54 Å². The lowest BCUT2D eigenvalue weighted by atomic mass is 10.0. The Labute approximate surface area is 96.9 Å². The molecule has 0 radical (unpaired) electrons. The number of hydrogen-bond acceptors (Lipinski definition) is 4. The van der Waals surface area contributed by atoms with Crippen molar-refractivity contribution in [1.29, 1.82) is 0 Å². The van der Waals surface area contributed by atoms with Crippen LogP contribution in [0.15, 0.2) is 0 Å². The molecule has 0 bridgehead atoms. The molecule has 0 aliphatic heterocycles. The maximum atomic E-state index is 11.7. The van der Waals surface area contributed by atoms with E-state index < -0.39 is 5.54 Å². The molecule has 0 aromatic carbocycles. The van der Waals surface area contributed by atoms with Gasteiger partial charge < -0.3 is 15.4 Å². The van der Waals surface area contributed by atoms with E-state index in [0.717, 1.165) is 6.54 Å². The fourth-order valence-electron chi connectivity index (χ4n) is 1.25. The van der Waals surface area contributed by atoms with Crippen molar-refractivity contribution in [2.75, 3.05) is 19.7 Å². The molecule has 0 saturated heterocycles. The van der Waals surface area contributed by atoms with Gasteiger partial charge in [0.1, 0.15) is 0 Å². The summed E-state index contributed by atoms with van der Waals surface area (Å²) in [4.78, 5) is 22.7. The molecule has 0 fully saturated rings. The second-order valence-corrected chi connectivity index (χ2v) is 3.97.